The Kier molecular flexibility index (Phi) is 10.0. The highest BCUT2D eigenvalue weighted by atomic mass is 32.2. The number of carbonyl (C=O) groups is 2. The Balaban J connectivity index is 1.65. The first kappa shape index (κ1) is 30.5. The molecule has 3 aromatic rings. The second-order valence-corrected chi connectivity index (χ2v) is 11.9. The molecule has 1 saturated carbocycles. The molecule has 1 fully saturated rings. The second kappa shape index (κ2) is 13.5. The van der Waals surface area contributed by atoms with Crippen LogP contribution in [0.25, 0.3) is 22.2 Å². The number of rotatable bonds is 13. The van der Waals surface area contributed by atoms with Gasteiger partial charge in [0.2, 0.25) is 5.91 Å². The molecule has 1 amide bonds. The van der Waals surface area contributed by atoms with Gasteiger partial charge < -0.3 is 24.6 Å². The molecule has 0 spiro atoms. The third-order valence-corrected chi connectivity index (χ3v) is 8.25. The molecule has 0 atom stereocenters. The van der Waals surface area contributed by atoms with Crippen molar-refractivity contribution in [3.8, 4) is 17.0 Å². The molecule has 1 aromatic heterocycles. The molecule has 1 heterocycles. The summed E-state index contributed by atoms with van der Waals surface area (Å²) in [7, 11) is -0.307. The molecular formula is C29H39N5O6S. The van der Waals surface area contributed by atoms with Gasteiger partial charge in [-0.25, -0.2) is 14.7 Å². The molecular weight excluding hydrogens is 546 g/mol. The molecule has 12 heteroatoms. The summed E-state index contributed by atoms with van der Waals surface area (Å²) in [6.45, 7) is 1.48. The number of methoxy groups -OCH3 is 1. The summed E-state index contributed by atoms with van der Waals surface area (Å²) in [5, 5.41) is 18.6. The molecule has 1 aliphatic carbocycles. The van der Waals surface area contributed by atoms with Crippen molar-refractivity contribution in [1.29, 1.82) is 0 Å². The number of nitrogens with zero attached hydrogens (tertiary/aromatic N) is 2. The van der Waals surface area contributed by atoms with E-state index in [-0.39, 0.29) is 24.6 Å². The maximum absolute atomic E-state index is 13.3. The van der Waals surface area contributed by atoms with Crippen molar-refractivity contribution < 1.29 is 27.9 Å². The van der Waals surface area contributed by atoms with Crippen LogP contribution in [0.15, 0.2) is 42.5 Å². The first-order valence-electron chi connectivity index (χ1n) is 13.8. The number of carboxylic acids is 1. The van der Waals surface area contributed by atoms with Crippen LogP contribution in [0.2, 0.25) is 0 Å². The Hall–Kier alpha value is -3.45. The van der Waals surface area contributed by atoms with Gasteiger partial charge in [0.25, 0.3) is 10.2 Å². The highest BCUT2D eigenvalue weighted by molar-refractivity contribution is 7.87. The van der Waals surface area contributed by atoms with Gasteiger partial charge in [-0.1, -0.05) is 25.3 Å². The Morgan fingerprint density at radius 3 is 2.39 bits per heavy atom. The van der Waals surface area contributed by atoms with Gasteiger partial charge in [0.1, 0.15) is 12.3 Å². The molecule has 0 radical (unpaired) electrons. The standard InChI is InChI=1S/C29H39N5O6S/c1-33(17-15-32-41(30,38)39)16-14-31-26(35)19-34-25-18-22(29(36)37)10-13-24(25)27(20-6-4-3-5-7-20)28(34)21-8-11-23(40-2)12-9-21/h8-13,18,20,32H,3-7,14-17,19H2,1-2H3,(H,31,35)(H,36,37)(H2,30,38,39). The van der Waals surface area contributed by atoms with Gasteiger partial charge in [-0.3, -0.25) is 4.79 Å². The first-order chi connectivity index (χ1) is 19.6. The van der Waals surface area contributed by atoms with E-state index in [2.05, 4.69) is 10.0 Å². The SMILES string of the molecule is COc1ccc(-c2c(C3CCCCC3)c3ccc(C(=O)O)cc3n2CC(=O)NCCN(C)CCNS(N)(=O)=O)cc1. The quantitative estimate of drug-likeness (QED) is 0.240. The summed E-state index contributed by atoms with van der Waals surface area (Å²) in [4.78, 5) is 27.1. The number of aromatic nitrogens is 1. The minimum atomic E-state index is -3.75. The summed E-state index contributed by atoms with van der Waals surface area (Å²) >= 11 is 0. The summed E-state index contributed by atoms with van der Waals surface area (Å²) in [6.07, 6.45) is 5.55. The Morgan fingerprint density at radius 2 is 1.76 bits per heavy atom. The topological polar surface area (TPSA) is 156 Å². The number of carbonyl (C=O) groups excluding carboxylic acids is 1. The maximum Gasteiger partial charge on any atom is 0.335 e. The van der Waals surface area contributed by atoms with Crippen molar-refractivity contribution in [2.24, 2.45) is 5.14 Å². The molecule has 222 valence electrons. The fourth-order valence-electron chi connectivity index (χ4n) is 5.61. The highest BCUT2D eigenvalue weighted by Crippen LogP contribution is 2.44. The van der Waals surface area contributed by atoms with Crippen LogP contribution < -0.4 is 19.9 Å². The summed E-state index contributed by atoms with van der Waals surface area (Å²) in [5.41, 5.74) is 3.92. The van der Waals surface area contributed by atoms with Gasteiger partial charge in [-0.2, -0.15) is 8.42 Å². The van der Waals surface area contributed by atoms with E-state index in [0.717, 1.165) is 59.2 Å². The average Bonchev–Trinajstić information content (AvgIpc) is 3.26. The Labute approximate surface area is 240 Å². The number of ether oxygens (including phenoxy) is 1. The fraction of sp³-hybridized carbons (Fsp3) is 0.448. The lowest BCUT2D eigenvalue weighted by Crippen LogP contribution is -2.39. The van der Waals surface area contributed by atoms with E-state index < -0.39 is 16.2 Å². The van der Waals surface area contributed by atoms with Crippen molar-refractivity contribution >= 4 is 33.0 Å². The largest absolute Gasteiger partial charge is 0.497 e. The zero-order chi connectivity index (χ0) is 29.6. The normalized spacial score (nSPS) is 14.4. The van der Waals surface area contributed by atoms with E-state index in [1.807, 2.05) is 46.8 Å². The predicted octanol–water partition coefficient (Wildman–Crippen LogP) is 2.90. The number of hydrogen-bond donors (Lipinski definition) is 4. The number of benzene rings is 2. The monoisotopic (exact) mass is 585 g/mol. The molecule has 0 aliphatic heterocycles. The molecule has 11 nitrogen and oxygen atoms in total. The maximum atomic E-state index is 13.3. The van der Waals surface area contributed by atoms with E-state index in [4.69, 9.17) is 9.88 Å². The van der Waals surface area contributed by atoms with E-state index in [1.165, 1.54) is 6.42 Å². The van der Waals surface area contributed by atoms with Gasteiger partial charge >= 0.3 is 5.97 Å². The van der Waals surface area contributed by atoms with Crippen LogP contribution in [-0.4, -0.2) is 75.2 Å². The molecule has 2 aromatic carbocycles. The van der Waals surface area contributed by atoms with Gasteiger partial charge in [0, 0.05) is 31.6 Å². The van der Waals surface area contributed by atoms with Crippen LogP contribution >= 0.6 is 0 Å². The van der Waals surface area contributed by atoms with Crippen LogP contribution in [0.4, 0.5) is 0 Å². The van der Waals surface area contributed by atoms with Crippen molar-refractivity contribution in [3.05, 3.63) is 53.6 Å². The van der Waals surface area contributed by atoms with Crippen molar-refractivity contribution in [3.63, 3.8) is 0 Å². The lowest BCUT2D eigenvalue weighted by atomic mass is 9.82. The lowest BCUT2D eigenvalue weighted by Gasteiger charge is -2.24. The number of hydrogen-bond acceptors (Lipinski definition) is 6. The molecule has 1 aliphatic rings. The number of fused-ring (bicyclic) bond motifs is 1. The van der Waals surface area contributed by atoms with E-state index >= 15 is 0 Å². The second-order valence-electron chi connectivity index (χ2n) is 10.5. The van der Waals surface area contributed by atoms with Crippen LogP contribution in [0.1, 0.15) is 53.9 Å². The lowest BCUT2D eigenvalue weighted by molar-refractivity contribution is -0.121. The summed E-state index contributed by atoms with van der Waals surface area (Å²) in [6, 6.07) is 12.9. The minimum Gasteiger partial charge on any atom is -0.497 e. The number of amides is 1. The third kappa shape index (κ3) is 7.85. The van der Waals surface area contributed by atoms with Gasteiger partial charge in [0.05, 0.1) is 23.9 Å². The fourth-order valence-corrected chi connectivity index (χ4v) is 5.99. The van der Waals surface area contributed by atoms with Gasteiger partial charge in [-0.05, 0) is 73.3 Å². The average molecular weight is 586 g/mol. The van der Waals surface area contributed by atoms with Crippen LogP contribution in [-0.2, 0) is 21.5 Å². The smallest absolute Gasteiger partial charge is 0.335 e. The number of nitrogens with two attached hydrogens (primary N) is 1. The van der Waals surface area contributed by atoms with Crippen LogP contribution in [0.3, 0.4) is 0 Å². The van der Waals surface area contributed by atoms with Gasteiger partial charge in [-0.15, -0.1) is 0 Å². The Bertz CT molecular complexity index is 1480. The van der Waals surface area contributed by atoms with Gasteiger partial charge in [0.15, 0.2) is 0 Å². The molecule has 0 unspecified atom stereocenters. The van der Waals surface area contributed by atoms with Crippen LogP contribution in [0.5, 0.6) is 5.75 Å². The molecule has 41 heavy (non-hydrogen) atoms. The van der Waals surface area contributed by atoms with Crippen LogP contribution in [0, 0.1) is 0 Å². The molecule has 0 bridgehead atoms. The zero-order valence-electron chi connectivity index (χ0n) is 23.6. The predicted molar refractivity (Wildman–Crippen MR) is 158 cm³/mol. The molecule has 5 N–H and O–H groups in total. The number of carboxylic acid groups (broad SMARTS) is 1. The minimum absolute atomic E-state index is 0.0182. The van der Waals surface area contributed by atoms with E-state index in [1.54, 1.807) is 19.2 Å². The summed E-state index contributed by atoms with van der Waals surface area (Å²) < 4.78 is 31.7. The summed E-state index contributed by atoms with van der Waals surface area (Å²) in [5.74, 6) is -0.189. The third-order valence-electron chi connectivity index (χ3n) is 7.64. The molecule has 0 saturated heterocycles. The number of nitrogens with one attached hydrogen (secondary N) is 2. The first-order valence-corrected chi connectivity index (χ1v) is 15.4. The van der Waals surface area contributed by atoms with E-state index in [0.29, 0.717) is 25.6 Å². The molecule has 4 rings (SSSR count). The Morgan fingerprint density at radius 1 is 1.07 bits per heavy atom. The van der Waals surface area contributed by atoms with Crippen molar-refractivity contribution in [1.82, 2.24) is 19.5 Å². The number of aromatic carboxylic acids is 1. The van der Waals surface area contributed by atoms with Crippen molar-refractivity contribution in [2.45, 2.75) is 44.6 Å². The number of likely N-dealkylation sites (N-methyl/N-ethyl adjacent to an activating group) is 1. The zero-order valence-corrected chi connectivity index (χ0v) is 24.4. The van der Waals surface area contributed by atoms with Crippen molar-refractivity contribution in [2.75, 3.05) is 40.3 Å². The highest BCUT2D eigenvalue weighted by Gasteiger charge is 2.28. The van der Waals surface area contributed by atoms with E-state index in [9.17, 15) is 23.1 Å².